The molecule has 11 heteroatoms. The quantitative estimate of drug-likeness (QED) is 0.383. The van der Waals surface area contributed by atoms with Crippen LogP contribution in [0.2, 0.25) is 0 Å². The van der Waals surface area contributed by atoms with Crippen LogP contribution < -0.4 is 5.14 Å². The smallest absolute Gasteiger partial charge is 0.338 e. The van der Waals surface area contributed by atoms with E-state index >= 15 is 0 Å². The van der Waals surface area contributed by atoms with Gasteiger partial charge in [-0.25, -0.2) is 23.1 Å². The molecule has 0 aromatic heterocycles. The monoisotopic (exact) mass is 428 g/mol. The van der Waals surface area contributed by atoms with Crippen LogP contribution in [-0.2, 0) is 29.1 Å². The molecule has 1 aliphatic heterocycles. The lowest BCUT2D eigenvalue weighted by Crippen LogP contribution is -2.27. The summed E-state index contributed by atoms with van der Waals surface area (Å²) in [7, 11) is -2.69. The molecule has 9 nitrogen and oxygen atoms in total. The van der Waals surface area contributed by atoms with Gasteiger partial charge in [-0.1, -0.05) is 17.8 Å². The number of esters is 2. The number of primary sulfonamides is 1. The van der Waals surface area contributed by atoms with E-state index in [4.69, 9.17) is 9.88 Å². The van der Waals surface area contributed by atoms with Crippen LogP contribution in [0, 0.1) is 6.92 Å². The molecule has 0 saturated carbocycles. The number of hydrogen-bond donors (Lipinski definition) is 1. The van der Waals surface area contributed by atoms with Crippen LogP contribution in [-0.4, -0.2) is 57.2 Å². The van der Waals surface area contributed by atoms with E-state index in [0.717, 1.165) is 0 Å². The van der Waals surface area contributed by atoms with Gasteiger partial charge >= 0.3 is 11.9 Å². The van der Waals surface area contributed by atoms with Crippen LogP contribution in [0.25, 0.3) is 0 Å². The number of amides is 1. The van der Waals surface area contributed by atoms with E-state index in [1.165, 1.54) is 48.0 Å². The number of carbonyl (C=O) groups excluding carboxylic acids is 3. The summed E-state index contributed by atoms with van der Waals surface area (Å²) in [5.41, 5.74) is 0.650. The van der Waals surface area contributed by atoms with Gasteiger partial charge in [-0.3, -0.25) is 4.79 Å². The maximum absolute atomic E-state index is 12.2. The number of hydrogen-bond acceptors (Lipinski definition) is 8. The molecule has 0 spiro atoms. The molecule has 152 valence electrons. The Kier molecular flexibility index (Phi) is 7.22. The third-order valence-corrected chi connectivity index (χ3v) is 5.81. The summed E-state index contributed by atoms with van der Waals surface area (Å²) in [6.45, 7) is 1.92. The van der Waals surface area contributed by atoms with Crippen molar-refractivity contribution >= 4 is 39.6 Å². The molecule has 1 fully saturated rings. The molecule has 0 radical (unpaired) electrons. The topological polar surface area (TPSA) is 133 Å². The van der Waals surface area contributed by atoms with E-state index in [2.05, 4.69) is 4.74 Å². The Morgan fingerprint density at radius 3 is 2.71 bits per heavy atom. The van der Waals surface area contributed by atoms with E-state index in [-0.39, 0.29) is 35.3 Å². The van der Waals surface area contributed by atoms with E-state index in [1.54, 1.807) is 6.92 Å². The van der Waals surface area contributed by atoms with Crippen molar-refractivity contribution < 1.29 is 32.3 Å². The first kappa shape index (κ1) is 21.9. The van der Waals surface area contributed by atoms with Crippen molar-refractivity contribution in [3.63, 3.8) is 0 Å². The summed E-state index contributed by atoms with van der Waals surface area (Å²) in [5.74, 6) is -1.17. The van der Waals surface area contributed by atoms with Crippen molar-refractivity contribution in [3.8, 4) is 0 Å². The van der Waals surface area contributed by atoms with Gasteiger partial charge in [-0.2, -0.15) is 0 Å². The maximum atomic E-state index is 12.2. The Bertz CT molecular complexity index is 925. The van der Waals surface area contributed by atoms with Crippen molar-refractivity contribution in [2.24, 2.45) is 5.14 Å². The molecule has 1 aromatic rings. The molecule has 1 amide bonds. The zero-order chi connectivity index (χ0) is 20.9. The zero-order valence-electron chi connectivity index (χ0n) is 15.3. The molecule has 2 N–H and O–H groups in total. The van der Waals surface area contributed by atoms with Gasteiger partial charge < -0.3 is 14.4 Å². The summed E-state index contributed by atoms with van der Waals surface area (Å²) >= 11 is 1.23. The van der Waals surface area contributed by atoms with Gasteiger partial charge in [0.05, 0.1) is 41.0 Å². The Morgan fingerprint density at radius 1 is 1.36 bits per heavy atom. The first-order valence-electron chi connectivity index (χ1n) is 8.17. The number of rotatable bonds is 7. The maximum Gasteiger partial charge on any atom is 0.338 e. The molecule has 28 heavy (non-hydrogen) atoms. The standard InChI is InChI=1S/C17H20N2O7S2/c1-11-4-5-12(28(18,23)24)8-13(11)17(22)26-7-3-6-19-14(20)10-27-15(19)9-16(21)25-2/h4-5,8-9H,3,6-7,10H2,1-2H3,(H2,18,23,24)/b15-9+. The molecular formula is C17H20N2O7S2. The number of nitrogens with zero attached hydrogens (tertiary/aromatic N) is 1. The Morgan fingerprint density at radius 2 is 2.07 bits per heavy atom. The van der Waals surface area contributed by atoms with E-state index in [9.17, 15) is 22.8 Å². The lowest BCUT2D eigenvalue weighted by Gasteiger charge is -2.16. The van der Waals surface area contributed by atoms with Crippen LogP contribution in [0.15, 0.2) is 34.2 Å². The van der Waals surface area contributed by atoms with Crippen LogP contribution in [0.3, 0.4) is 0 Å². The summed E-state index contributed by atoms with van der Waals surface area (Å²) in [6, 6.07) is 3.96. The van der Waals surface area contributed by atoms with Crippen LogP contribution in [0.1, 0.15) is 22.3 Å². The number of thioether (sulfide) groups is 1. The number of nitrogens with two attached hydrogens (primary N) is 1. The third-order valence-electron chi connectivity index (χ3n) is 3.87. The lowest BCUT2D eigenvalue weighted by atomic mass is 10.1. The van der Waals surface area contributed by atoms with Gasteiger partial charge in [0.25, 0.3) is 0 Å². The second kappa shape index (κ2) is 9.22. The Labute approximate surface area is 166 Å². The number of aryl methyl sites for hydroxylation is 1. The van der Waals surface area contributed by atoms with Crippen molar-refractivity contribution in [1.29, 1.82) is 0 Å². The lowest BCUT2D eigenvalue weighted by molar-refractivity contribution is -0.134. The third kappa shape index (κ3) is 5.57. The largest absolute Gasteiger partial charge is 0.466 e. The first-order valence-corrected chi connectivity index (χ1v) is 10.7. The first-order chi connectivity index (χ1) is 13.1. The average Bonchev–Trinajstić information content (AvgIpc) is 2.97. The number of methoxy groups -OCH3 is 1. The fourth-order valence-corrected chi connectivity index (χ4v) is 3.89. The second-order valence-electron chi connectivity index (χ2n) is 5.85. The van der Waals surface area contributed by atoms with Gasteiger partial charge in [0.15, 0.2) is 0 Å². The minimum absolute atomic E-state index is 0.0117. The Hall–Kier alpha value is -2.37. The highest BCUT2D eigenvalue weighted by Gasteiger charge is 2.27. The van der Waals surface area contributed by atoms with E-state index < -0.39 is 22.0 Å². The summed E-state index contributed by atoms with van der Waals surface area (Å²) in [5, 5.41) is 5.57. The van der Waals surface area contributed by atoms with Crippen molar-refractivity contribution in [2.75, 3.05) is 26.0 Å². The highest BCUT2D eigenvalue weighted by atomic mass is 32.2. The molecule has 0 unspecified atom stereocenters. The molecule has 1 aliphatic rings. The number of sulfonamides is 1. The molecule has 0 atom stereocenters. The molecule has 1 saturated heterocycles. The highest BCUT2D eigenvalue weighted by molar-refractivity contribution is 8.04. The average molecular weight is 428 g/mol. The molecule has 1 aromatic carbocycles. The fraction of sp³-hybridized carbons (Fsp3) is 0.353. The predicted octanol–water partition coefficient (Wildman–Crippen LogP) is 0.779. The molecular weight excluding hydrogens is 408 g/mol. The van der Waals surface area contributed by atoms with Gasteiger partial charge in [-0.15, -0.1) is 0 Å². The van der Waals surface area contributed by atoms with Crippen molar-refractivity contribution in [3.05, 3.63) is 40.4 Å². The van der Waals surface area contributed by atoms with Crippen LogP contribution in [0.4, 0.5) is 0 Å². The zero-order valence-corrected chi connectivity index (χ0v) is 17.0. The predicted molar refractivity (Wildman–Crippen MR) is 102 cm³/mol. The molecule has 1 heterocycles. The summed E-state index contributed by atoms with van der Waals surface area (Å²) < 4.78 is 32.6. The van der Waals surface area contributed by atoms with E-state index in [0.29, 0.717) is 17.0 Å². The number of carbonyl (C=O) groups is 3. The highest BCUT2D eigenvalue weighted by Crippen LogP contribution is 2.28. The SMILES string of the molecule is COC(=O)/C=C1/SCC(=O)N1CCCOC(=O)c1cc(S(N)(=O)=O)ccc1C. The molecule has 0 bridgehead atoms. The van der Waals surface area contributed by atoms with Gasteiger partial charge in [-0.05, 0) is 31.0 Å². The number of ether oxygens (including phenoxy) is 2. The normalized spacial score (nSPS) is 15.8. The minimum atomic E-state index is -3.93. The van der Waals surface area contributed by atoms with Crippen LogP contribution >= 0.6 is 11.8 Å². The fourth-order valence-electron chi connectivity index (χ4n) is 2.39. The van der Waals surface area contributed by atoms with Crippen molar-refractivity contribution in [1.82, 2.24) is 4.90 Å². The minimum Gasteiger partial charge on any atom is -0.466 e. The second-order valence-corrected chi connectivity index (χ2v) is 8.41. The molecule has 2 rings (SSSR count). The number of benzene rings is 1. The summed E-state index contributed by atoms with van der Waals surface area (Å²) in [4.78, 5) is 36.8. The molecule has 0 aliphatic carbocycles. The van der Waals surface area contributed by atoms with E-state index in [1.807, 2.05) is 0 Å². The van der Waals surface area contributed by atoms with Gasteiger partial charge in [0, 0.05) is 6.54 Å². The van der Waals surface area contributed by atoms with Gasteiger partial charge in [0.2, 0.25) is 15.9 Å². The summed E-state index contributed by atoms with van der Waals surface area (Å²) in [6.07, 6.45) is 1.58. The van der Waals surface area contributed by atoms with Crippen molar-refractivity contribution in [2.45, 2.75) is 18.2 Å². The van der Waals surface area contributed by atoms with Crippen LogP contribution in [0.5, 0.6) is 0 Å². The van der Waals surface area contributed by atoms with Gasteiger partial charge in [0.1, 0.15) is 0 Å². The Balaban J connectivity index is 1.95.